The molecule has 0 aliphatic rings. The highest BCUT2D eigenvalue weighted by Gasteiger charge is 2.09. The molecule has 0 bridgehead atoms. The molecule has 0 aromatic carbocycles. The Morgan fingerprint density at radius 2 is 2.27 bits per heavy atom. The number of halogens is 2. The minimum absolute atomic E-state index is 0. The summed E-state index contributed by atoms with van der Waals surface area (Å²) >= 11 is 4.76. The van der Waals surface area contributed by atoms with E-state index in [2.05, 4.69) is 21.2 Å². The molecule has 1 heterocycles. The van der Waals surface area contributed by atoms with E-state index in [0.717, 1.165) is 22.2 Å². The monoisotopic (exact) mass is 312 g/mol. The normalized spacial score (nSPS) is 9.47. The summed E-state index contributed by atoms with van der Waals surface area (Å²) in [5, 5.41) is 4.73. The summed E-state index contributed by atoms with van der Waals surface area (Å²) in [7, 11) is 0. The summed E-state index contributed by atoms with van der Waals surface area (Å²) in [5.41, 5.74) is 5.35. The van der Waals surface area contributed by atoms with Crippen molar-refractivity contribution in [3.63, 3.8) is 0 Å². The first-order valence-electron chi connectivity index (χ1n) is 4.47. The topological polar surface area (TPSA) is 55.1 Å². The predicted octanol–water partition coefficient (Wildman–Crippen LogP) is 2.40. The quantitative estimate of drug-likeness (QED) is 0.820. The first-order chi connectivity index (χ1) is 6.75. The number of amides is 1. The molecule has 3 N–H and O–H groups in total. The van der Waals surface area contributed by atoms with Gasteiger partial charge in [-0.25, -0.2) is 0 Å². The lowest BCUT2D eigenvalue weighted by molar-refractivity contribution is 0.0956. The van der Waals surface area contributed by atoms with Crippen LogP contribution in [-0.2, 0) is 0 Å². The van der Waals surface area contributed by atoms with Crippen molar-refractivity contribution in [2.75, 3.05) is 13.1 Å². The van der Waals surface area contributed by atoms with Crippen molar-refractivity contribution in [1.29, 1.82) is 0 Å². The Kier molecular flexibility index (Phi) is 8.04. The van der Waals surface area contributed by atoms with E-state index in [-0.39, 0.29) is 18.3 Å². The van der Waals surface area contributed by atoms with Crippen LogP contribution in [0.5, 0.6) is 0 Å². The van der Waals surface area contributed by atoms with Crippen molar-refractivity contribution >= 4 is 45.6 Å². The van der Waals surface area contributed by atoms with E-state index in [0.29, 0.717) is 13.1 Å². The molecule has 0 saturated heterocycles. The molecule has 6 heteroatoms. The van der Waals surface area contributed by atoms with E-state index in [4.69, 9.17) is 5.73 Å². The number of hydrogen-bond donors (Lipinski definition) is 2. The molecule has 86 valence electrons. The average molecular weight is 314 g/mol. The van der Waals surface area contributed by atoms with Crippen LogP contribution in [-0.4, -0.2) is 19.0 Å². The molecule has 0 aliphatic heterocycles. The maximum Gasteiger partial charge on any atom is 0.262 e. The molecule has 0 atom stereocenters. The van der Waals surface area contributed by atoms with Crippen molar-refractivity contribution in [2.45, 2.75) is 12.8 Å². The van der Waals surface area contributed by atoms with Crippen LogP contribution in [0.4, 0.5) is 0 Å². The van der Waals surface area contributed by atoms with Crippen LogP contribution in [0.1, 0.15) is 22.5 Å². The van der Waals surface area contributed by atoms with Gasteiger partial charge < -0.3 is 11.1 Å². The molecule has 0 saturated carbocycles. The minimum atomic E-state index is -0.0103. The second-order valence-electron chi connectivity index (χ2n) is 2.85. The van der Waals surface area contributed by atoms with Crippen LogP contribution in [0, 0.1) is 0 Å². The third-order valence-electron chi connectivity index (χ3n) is 1.74. The zero-order valence-electron chi connectivity index (χ0n) is 8.16. The maximum atomic E-state index is 11.5. The first kappa shape index (κ1) is 14.9. The highest BCUT2D eigenvalue weighted by molar-refractivity contribution is 9.10. The van der Waals surface area contributed by atoms with Gasteiger partial charge in [-0.05, 0) is 46.8 Å². The van der Waals surface area contributed by atoms with Gasteiger partial charge in [-0.3, -0.25) is 4.79 Å². The molecule has 0 spiro atoms. The van der Waals surface area contributed by atoms with E-state index in [9.17, 15) is 4.79 Å². The number of hydrogen-bond acceptors (Lipinski definition) is 3. The minimum Gasteiger partial charge on any atom is -0.351 e. The van der Waals surface area contributed by atoms with Crippen molar-refractivity contribution < 1.29 is 4.79 Å². The summed E-state index contributed by atoms with van der Waals surface area (Å²) in [6, 6.07) is 1.87. The molecule has 0 fully saturated rings. The van der Waals surface area contributed by atoms with Gasteiger partial charge >= 0.3 is 0 Å². The van der Waals surface area contributed by atoms with Gasteiger partial charge in [-0.1, -0.05) is 0 Å². The molecule has 15 heavy (non-hydrogen) atoms. The fourth-order valence-corrected chi connectivity index (χ4v) is 2.47. The standard InChI is InChI=1S/C9H13BrN2OS.ClH/c10-7-3-6-14-8(7)9(13)12-5-2-1-4-11;/h3,6H,1-2,4-5,11H2,(H,12,13);1H. The zero-order chi connectivity index (χ0) is 10.4. The second-order valence-corrected chi connectivity index (χ2v) is 4.62. The molecule has 0 radical (unpaired) electrons. The summed E-state index contributed by atoms with van der Waals surface area (Å²) in [6.45, 7) is 1.37. The zero-order valence-corrected chi connectivity index (χ0v) is 11.4. The molecule has 0 aliphatic carbocycles. The van der Waals surface area contributed by atoms with Crippen LogP contribution in [0.3, 0.4) is 0 Å². The summed E-state index contributed by atoms with van der Waals surface area (Å²) < 4.78 is 0.860. The summed E-state index contributed by atoms with van der Waals surface area (Å²) in [5.74, 6) is -0.0103. The molecule has 1 rings (SSSR count). The Bertz CT molecular complexity index is 306. The lowest BCUT2D eigenvalue weighted by Gasteiger charge is -2.02. The van der Waals surface area contributed by atoms with Gasteiger partial charge in [-0.15, -0.1) is 23.7 Å². The third kappa shape index (κ3) is 4.97. The van der Waals surface area contributed by atoms with Gasteiger partial charge in [0.25, 0.3) is 5.91 Å². The first-order valence-corrected chi connectivity index (χ1v) is 6.14. The summed E-state index contributed by atoms with van der Waals surface area (Å²) in [6.07, 6.45) is 1.89. The van der Waals surface area contributed by atoms with Crippen LogP contribution in [0.25, 0.3) is 0 Å². The summed E-state index contributed by atoms with van der Waals surface area (Å²) in [4.78, 5) is 12.3. The van der Waals surface area contributed by atoms with Crippen LogP contribution < -0.4 is 11.1 Å². The Hall–Kier alpha value is -0.100. The van der Waals surface area contributed by atoms with Crippen LogP contribution in [0.15, 0.2) is 15.9 Å². The Labute approximate surface area is 108 Å². The predicted molar refractivity (Wildman–Crippen MR) is 69.9 cm³/mol. The lowest BCUT2D eigenvalue weighted by atomic mass is 10.3. The molecular weight excluding hydrogens is 300 g/mol. The number of nitrogens with one attached hydrogen (secondary N) is 1. The van der Waals surface area contributed by atoms with Gasteiger partial charge in [0.15, 0.2) is 0 Å². The number of carbonyl (C=O) groups is 1. The molecule has 1 aromatic rings. The van der Waals surface area contributed by atoms with Crippen molar-refractivity contribution in [2.24, 2.45) is 5.73 Å². The number of unbranched alkanes of at least 4 members (excludes halogenated alkanes) is 1. The average Bonchev–Trinajstić information content (AvgIpc) is 2.59. The molecule has 1 amide bonds. The van der Waals surface area contributed by atoms with Gasteiger partial charge in [-0.2, -0.15) is 0 Å². The van der Waals surface area contributed by atoms with E-state index in [1.165, 1.54) is 11.3 Å². The van der Waals surface area contributed by atoms with Crippen molar-refractivity contribution in [3.8, 4) is 0 Å². The van der Waals surface area contributed by atoms with Crippen LogP contribution in [0.2, 0.25) is 0 Å². The van der Waals surface area contributed by atoms with Gasteiger partial charge in [0.05, 0.1) is 0 Å². The number of carbonyl (C=O) groups excluding carboxylic acids is 1. The maximum absolute atomic E-state index is 11.5. The van der Waals surface area contributed by atoms with Gasteiger partial charge in [0, 0.05) is 11.0 Å². The third-order valence-corrected chi connectivity index (χ3v) is 3.58. The van der Waals surface area contributed by atoms with E-state index in [1.807, 2.05) is 11.4 Å². The highest BCUT2D eigenvalue weighted by atomic mass is 79.9. The smallest absolute Gasteiger partial charge is 0.262 e. The second kappa shape index (κ2) is 8.10. The number of rotatable bonds is 5. The van der Waals surface area contributed by atoms with Crippen molar-refractivity contribution in [1.82, 2.24) is 5.32 Å². The van der Waals surface area contributed by atoms with Gasteiger partial charge in [0.2, 0.25) is 0 Å². The fourth-order valence-electron chi connectivity index (χ4n) is 1.01. The van der Waals surface area contributed by atoms with E-state index < -0.39 is 0 Å². The van der Waals surface area contributed by atoms with Gasteiger partial charge in [0.1, 0.15) is 4.88 Å². The molecule has 1 aromatic heterocycles. The van der Waals surface area contributed by atoms with E-state index >= 15 is 0 Å². The molecule has 0 unspecified atom stereocenters. The fraction of sp³-hybridized carbons (Fsp3) is 0.444. The SMILES string of the molecule is Cl.NCCCCNC(=O)c1sccc1Br. The lowest BCUT2D eigenvalue weighted by Crippen LogP contribution is -2.24. The number of thiophene rings is 1. The van der Waals surface area contributed by atoms with Crippen LogP contribution >= 0.6 is 39.7 Å². The molecular formula is C9H14BrClN2OS. The van der Waals surface area contributed by atoms with Crippen molar-refractivity contribution in [3.05, 3.63) is 20.8 Å². The Morgan fingerprint density at radius 3 is 2.80 bits per heavy atom. The largest absolute Gasteiger partial charge is 0.351 e. The van der Waals surface area contributed by atoms with E-state index in [1.54, 1.807) is 0 Å². The Morgan fingerprint density at radius 1 is 1.53 bits per heavy atom. The highest BCUT2D eigenvalue weighted by Crippen LogP contribution is 2.22. The number of nitrogens with two attached hydrogens (primary N) is 1. The Balaban J connectivity index is 0.00000196. The molecule has 3 nitrogen and oxygen atoms in total.